The van der Waals surface area contributed by atoms with Crippen LogP contribution in [0.3, 0.4) is 0 Å². The summed E-state index contributed by atoms with van der Waals surface area (Å²) in [6, 6.07) is 0. The van der Waals surface area contributed by atoms with Gasteiger partial charge in [-0.1, -0.05) is 12.2 Å². The van der Waals surface area contributed by atoms with Crippen LogP contribution in [0.4, 0.5) is 0 Å². The normalized spacial score (nSPS) is 39.0. The first-order valence-electron chi connectivity index (χ1n) is 10.6. The SMILES string of the molecule is CC1OCC([C@@H]2[C@@H](C/C=C\CCCC(=O)O)[C@@H](O)C[C@H]2OC2CCCCO2)O1. The van der Waals surface area contributed by atoms with E-state index in [0.29, 0.717) is 19.4 Å². The number of aliphatic hydroxyl groups excluding tert-OH is 1. The van der Waals surface area contributed by atoms with E-state index < -0.39 is 12.1 Å². The Morgan fingerprint density at radius 2 is 2.11 bits per heavy atom. The Morgan fingerprint density at radius 1 is 1.25 bits per heavy atom. The van der Waals surface area contributed by atoms with Crippen LogP contribution in [-0.2, 0) is 23.7 Å². The number of carboxylic acid groups (broad SMARTS) is 1. The highest BCUT2D eigenvalue weighted by Crippen LogP contribution is 2.42. The molecule has 2 saturated heterocycles. The number of aliphatic carboxylic acids is 1. The second kappa shape index (κ2) is 10.7. The monoisotopic (exact) mass is 398 g/mol. The van der Waals surface area contributed by atoms with Crippen LogP contribution in [0, 0.1) is 11.8 Å². The fourth-order valence-corrected chi connectivity index (χ4v) is 4.59. The highest BCUT2D eigenvalue weighted by Gasteiger charge is 2.49. The lowest BCUT2D eigenvalue weighted by Gasteiger charge is -2.32. The molecule has 160 valence electrons. The van der Waals surface area contributed by atoms with E-state index in [2.05, 4.69) is 6.08 Å². The van der Waals surface area contributed by atoms with Crippen molar-refractivity contribution in [2.24, 2.45) is 11.8 Å². The molecule has 2 N–H and O–H groups in total. The number of hydrogen-bond acceptors (Lipinski definition) is 6. The van der Waals surface area contributed by atoms with Gasteiger partial charge in [0, 0.05) is 25.4 Å². The molecule has 7 heteroatoms. The third kappa shape index (κ3) is 6.00. The van der Waals surface area contributed by atoms with Crippen molar-refractivity contribution in [3.8, 4) is 0 Å². The van der Waals surface area contributed by atoms with Gasteiger partial charge in [0.15, 0.2) is 12.6 Å². The van der Waals surface area contributed by atoms with Crippen molar-refractivity contribution in [2.45, 2.75) is 89.2 Å². The Labute approximate surface area is 167 Å². The van der Waals surface area contributed by atoms with Gasteiger partial charge in [-0.05, 0) is 51.4 Å². The van der Waals surface area contributed by atoms with Gasteiger partial charge in [-0.15, -0.1) is 0 Å². The average molecular weight is 398 g/mol. The molecule has 3 aliphatic rings. The summed E-state index contributed by atoms with van der Waals surface area (Å²) in [6.07, 6.45) is 8.90. The average Bonchev–Trinajstić information content (AvgIpc) is 3.21. The summed E-state index contributed by atoms with van der Waals surface area (Å²) < 4.78 is 23.6. The summed E-state index contributed by atoms with van der Waals surface area (Å²) in [4.78, 5) is 10.6. The minimum Gasteiger partial charge on any atom is -0.481 e. The number of aliphatic hydroxyl groups is 1. The van der Waals surface area contributed by atoms with Gasteiger partial charge in [0.05, 0.1) is 24.9 Å². The fourth-order valence-electron chi connectivity index (χ4n) is 4.59. The van der Waals surface area contributed by atoms with Crippen molar-refractivity contribution in [3.05, 3.63) is 12.2 Å². The maximum atomic E-state index is 10.7. The molecular formula is C21H34O7. The molecule has 3 unspecified atom stereocenters. The molecule has 3 fully saturated rings. The van der Waals surface area contributed by atoms with Gasteiger partial charge in [0.1, 0.15) is 0 Å². The summed E-state index contributed by atoms with van der Waals surface area (Å²) in [5.41, 5.74) is 0. The summed E-state index contributed by atoms with van der Waals surface area (Å²) in [5.74, 6) is -0.686. The highest BCUT2D eigenvalue weighted by molar-refractivity contribution is 5.66. The van der Waals surface area contributed by atoms with Crippen molar-refractivity contribution in [3.63, 3.8) is 0 Å². The third-order valence-electron chi connectivity index (χ3n) is 5.98. The molecule has 28 heavy (non-hydrogen) atoms. The Bertz CT molecular complexity index is 517. The van der Waals surface area contributed by atoms with Crippen LogP contribution >= 0.6 is 0 Å². The lowest BCUT2D eigenvalue weighted by atomic mass is 9.86. The van der Waals surface area contributed by atoms with E-state index in [9.17, 15) is 9.90 Å². The van der Waals surface area contributed by atoms with Gasteiger partial charge in [-0.25, -0.2) is 0 Å². The number of allylic oxidation sites excluding steroid dienone is 2. The summed E-state index contributed by atoms with van der Waals surface area (Å²) in [7, 11) is 0. The molecule has 0 aromatic rings. The van der Waals surface area contributed by atoms with Crippen molar-refractivity contribution >= 4 is 5.97 Å². The lowest BCUT2D eigenvalue weighted by Crippen LogP contribution is -2.39. The molecule has 0 amide bonds. The first-order chi connectivity index (χ1) is 13.5. The number of hydrogen-bond donors (Lipinski definition) is 2. The molecule has 7 atom stereocenters. The molecule has 2 heterocycles. The molecule has 2 aliphatic heterocycles. The summed E-state index contributed by atoms with van der Waals surface area (Å²) >= 11 is 0. The highest BCUT2D eigenvalue weighted by atomic mass is 16.7. The van der Waals surface area contributed by atoms with Gasteiger partial charge in [0.2, 0.25) is 0 Å². The maximum Gasteiger partial charge on any atom is 0.303 e. The van der Waals surface area contributed by atoms with Gasteiger partial charge in [0.25, 0.3) is 0 Å². The zero-order valence-corrected chi connectivity index (χ0v) is 16.7. The molecule has 0 aromatic heterocycles. The Morgan fingerprint density at radius 3 is 2.79 bits per heavy atom. The van der Waals surface area contributed by atoms with Crippen molar-refractivity contribution in [1.29, 1.82) is 0 Å². The van der Waals surface area contributed by atoms with E-state index in [-0.39, 0.29) is 43.0 Å². The van der Waals surface area contributed by atoms with Crippen LogP contribution in [0.5, 0.6) is 0 Å². The summed E-state index contributed by atoms with van der Waals surface area (Å²) in [5, 5.41) is 19.4. The van der Waals surface area contributed by atoms with Gasteiger partial charge >= 0.3 is 5.97 Å². The Kier molecular flexibility index (Phi) is 8.29. The summed E-state index contributed by atoms with van der Waals surface area (Å²) in [6.45, 7) is 3.14. The van der Waals surface area contributed by atoms with E-state index in [4.69, 9.17) is 24.1 Å². The second-order valence-electron chi connectivity index (χ2n) is 8.08. The minimum atomic E-state index is -0.767. The lowest BCUT2D eigenvalue weighted by molar-refractivity contribution is -0.203. The van der Waals surface area contributed by atoms with Crippen molar-refractivity contribution in [2.75, 3.05) is 13.2 Å². The zero-order chi connectivity index (χ0) is 19.9. The van der Waals surface area contributed by atoms with Crippen LogP contribution in [0.2, 0.25) is 0 Å². The maximum absolute atomic E-state index is 10.7. The first kappa shape index (κ1) is 21.7. The number of carboxylic acids is 1. The molecule has 0 spiro atoms. The van der Waals surface area contributed by atoms with E-state index in [1.165, 1.54) is 0 Å². The molecule has 0 radical (unpaired) electrons. The molecule has 7 nitrogen and oxygen atoms in total. The van der Waals surface area contributed by atoms with Crippen LogP contribution < -0.4 is 0 Å². The number of carbonyl (C=O) groups is 1. The number of ether oxygens (including phenoxy) is 4. The standard InChI is InChI=1S/C21H34O7/c1-14-26-13-18(27-14)21-15(8-4-2-3-5-9-19(23)24)16(22)12-17(21)28-20-10-6-7-11-25-20/h2,4,14-18,20-22H,3,5-13H2,1H3,(H,23,24)/b4-2-/t14?,15-,16-,17+,18?,20?,21+/m0/s1. The molecule has 0 aromatic carbocycles. The fraction of sp³-hybridized carbons (Fsp3) is 0.857. The topological polar surface area (TPSA) is 94.5 Å². The third-order valence-corrected chi connectivity index (χ3v) is 5.98. The minimum absolute atomic E-state index is 0.0308. The number of rotatable bonds is 9. The molecule has 1 saturated carbocycles. The van der Waals surface area contributed by atoms with E-state index >= 15 is 0 Å². The van der Waals surface area contributed by atoms with Crippen LogP contribution in [0.25, 0.3) is 0 Å². The number of unbranched alkanes of at least 4 members (excludes halogenated alkanes) is 1. The zero-order valence-electron chi connectivity index (χ0n) is 16.7. The van der Waals surface area contributed by atoms with E-state index in [0.717, 1.165) is 38.7 Å². The van der Waals surface area contributed by atoms with Crippen molar-refractivity contribution < 1.29 is 34.0 Å². The smallest absolute Gasteiger partial charge is 0.303 e. The Hall–Kier alpha value is -0.990. The first-order valence-corrected chi connectivity index (χ1v) is 10.6. The quantitative estimate of drug-likeness (QED) is 0.455. The molecule has 1 aliphatic carbocycles. The Balaban J connectivity index is 1.59. The van der Waals surface area contributed by atoms with Crippen LogP contribution in [0.15, 0.2) is 12.2 Å². The van der Waals surface area contributed by atoms with Crippen molar-refractivity contribution in [1.82, 2.24) is 0 Å². The largest absolute Gasteiger partial charge is 0.481 e. The van der Waals surface area contributed by atoms with Crippen LogP contribution in [-0.4, -0.2) is 60.3 Å². The van der Waals surface area contributed by atoms with E-state index in [1.54, 1.807) is 0 Å². The van der Waals surface area contributed by atoms with Gasteiger partial charge < -0.3 is 29.2 Å². The van der Waals surface area contributed by atoms with Crippen LogP contribution in [0.1, 0.15) is 58.3 Å². The second-order valence-corrected chi connectivity index (χ2v) is 8.08. The van der Waals surface area contributed by atoms with Gasteiger partial charge in [-0.3, -0.25) is 4.79 Å². The van der Waals surface area contributed by atoms with Gasteiger partial charge in [-0.2, -0.15) is 0 Å². The predicted octanol–water partition coefficient (Wildman–Crippen LogP) is 2.86. The molecule has 3 rings (SSSR count). The van der Waals surface area contributed by atoms with E-state index in [1.807, 2.05) is 13.0 Å². The predicted molar refractivity (Wildman–Crippen MR) is 102 cm³/mol. The molecular weight excluding hydrogens is 364 g/mol. The molecule has 0 bridgehead atoms.